The molecule has 1 aliphatic rings. The molecule has 0 aromatic carbocycles. The van der Waals surface area contributed by atoms with Gasteiger partial charge in [-0.3, -0.25) is 9.78 Å². The van der Waals surface area contributed by atoms with Crippen LogP contribution in [-0.2, 0) is 11.2 Å². The van der Waals surface area contributed by atoms with Crippen LogP contribution in [-0.4, -0.2) is 29.1 Å². The largest absolute Gasteiger partial charge is 0.481 e. The Morgan fingerprint density at radius 2 is 2.38 bits per heavy atom. The summed E-state index contributed by atoms with van der Waals surface area (Å²) in [6.07, 6.45) is 6.10. The fraction of sp³-hybridized carbons (Fsp3) is 0.500. The van der Waals surface area contributed by atoms with Crippen molar-refractivity contribution in [3.63, 3.8) is 0 Å². The summed E-state index contributed by atoms with van der Waals surface area (Å²) in [5, 5.41) is 12.2. The van der Waals surface area contributed by atoms with E-state index >= 15 is 0 Å². The number of hydrogen-bond acceptors (Lipinski definition) is 3. The van der Waals surface area contributed by atoms with Crippen molar-refractivity contribution in [2.24, 2.45) is 5.41 Å². The first-order valence-electron chi connectivity index (χ1n) is 5.56. The first-order chi connectivity index (χ1) is 7.73. The van der Waals surface area contributed by atoms with Gasteiger partial charge in [-0.2, -0.15) is 0 Å². The molecule has 0 bridgehead atoms. The highest BCUT2D eigenvalue weighted by Crippen LogP contribution is 2.45. The van der Waals surface area contributed by atoms with Crippen LogP contribution in [0.1, 0.15) is 18.4 Å². The fourth-order valence-electron chi connectivity index (χ4n) is 1.72. The average Bonchev–Trinajstić information content (AvgIpc) is 3.07. The monoisotopic (exact) mass is 220 g/mol. The van der Waals surface area contributed by atoms with E-state index in [2.05, 4.69) is 10.3 Å². The van der Waals surface area contributed by atoms with Gasteiger partial charge in [0.05, 0.1) is 5.41 Å². The molecule has 0 spiro atoms. The molecule has 0 amide bonds. The minimum absolute atomic E-state index is 0.463. The molecule has 1 heterocycles. The third-order valence-corrected chi connectivity index (χ3v) is 3.08. The zero-order valence-corrected chi connectivity index (χ0v) is 9.15. The van der Waals surface area contributed by atoms with Crippen LogP contribution < -0.4 is 5.32 Å². The van der Waals surface area contributed by atoms with Gasteiger partial charge in [0.2, 0.25) is 0 Å². The zero-order valence-electron chi connectivity index (χ0n) is 9.15. The van der Waals surface area contributed by atoms with Crippen LogP contribution in [0.3, 0.4) is 0 Å². The summed E-state index contributed by atoms with van der Waals surface area (Å²) in [7, 11) is 0. The van der Waals surface area contributed by atoms with E-state index in [4.69, 9.17) is 5.11 Å². The number of aromatic nitrogens is 1. The third-order valence-electron chi connectivity index (χ3n) is 3.08. The first kappa shape index (κ1) is 11.1. The molecule has 1 aromatic heterocycles. The van der Waals surface area contributed by atoms with Crippen molar-refractivity contribution in [1.29, 1.82) is 0 Å². The maximum Gasteiger partial charge on any atom is 0.310 e. The van der Waals surface area contributed by atoms with Gasteiger partial charge in [-0.15, -0.1) is 0 Å². The first-order valence-corrected chi connectivity index (χ1v) is 5.56. The van der Waals surface area contributed by atoms with E-state index in [0.29, 0.717) is 6.54 Å². The maximum atomic E-state index is 10.9. The summed E-state index contributed by atoms with van der Waals surface area (Å²) >= 11 is 0. The molecular formula is C12H16N2O2. The highest BCUT2D eigenvalue weighted by atomic mass is 16.4. The smallest absolute Gasteiger partial charge is 0.310 e. The molecule has 0 unspecified atom stereocenters. The van der Waals surface area contributed by atoms with Crippen LogP contribution in [0, 0.1) is 5.41 Å². The van der Waals surface area contributed by atoms with E-state index in [1.807, 2.05) is 18.3 Å². The second kappa shape index (κ2) is 4.61. The highest BCUT2D eigenvalue weighted by Gasteiger charge is 2.49. The van der Waals surface area contributed by atoms with Crippen LogP contribution in [0.25, 0.3) is 0 Å². The number of carboxylic acids is 1. The Balaban J connectivity index is 1.68. The molecule has 4 heteroatoms. The van der Waals surface area contributed by atoms with Crippen LogP contribution in [0.2, 0.25) is 0 Å². The molecular weight excluding hydrogens is 204 g/mol. The van der Waals surface area contributed by atoms with Crippen LogP contribution >= 0.6 is 0 Å². The second-order valence-corrected chi connectivity index (χ2v) is 4.37. The Morgan fingerprint density at radius 1 is 1.56 bits per heavy atom. The Bertz CT molecular complexity index is 361. The SMILES string of the molecule is O=C(O)C1(CNCCc2cccnc2)CC1. The molecule has 0 atom stereocenters. The zero-order chi connectivity index (χ0) is 11.4. The van der Waals surface area contributed by atoms with Gasteiger partial charge in [-0.05, 0) is 37.4 Å². The Morgan fingerprint density at radius 3 is 2.94 bits per heavy atom. The lowest BCUT2D eigenvalue weighted by Gasteiger charge is -2.10. The predicted octanol–water partition coefficient (Wildman–Crippen LogP) is 1.08. The summed E-state index contributed by atoms with van der Waals surface area (Å²) in [5.74, 6) is -0.665. The van der Waals surface area contributed by atoms with E-state index in [1.54, 1.807) is 6.20 Å². The fourth-order valence-corrected chi connectivity index (χ4v) is 1.72. The molecule has 1 fully saturated rings. The van der Waals surface area contributed by atoms with Crippen LogP contribution in [0.4, 0.5) is 0 Å². The van der Waals surface area contributed by atoms with E-state index < -0.39 is 11.4 Å². The van der Waals surface area contributed by atoms with Crippen molar-refractivity contribution in [2.45, 2.75) is 19.3 Å². The van der Waals surface area contributed by atoms with Crippen molar-refractivity contribution < 1.29 is 9.90 Å². The Labute approximate surface area is 94.7 Å². The van der Waals surface area contributed by atoms with Gasteiger partial charge >= 0.3 is 5.97 Å². The molecule has 2 N–H and O–H groups in total. The number of hydrogen-bond donors (Lipinski definition) is 2. The molecule has 0 radical (unpaired) electrons. The molecule has 0 saturated heterocycles. The molecule has 0 aliphatic heterocycles. The van der Waals surface area contributed by atoms with Crippen molar-refractivity contribution >= 4 is 5.97 Å². The van der Waals surface area contributed by atoms with Crippen molar-refractivity contribution in [2.75, 3.05) is 13.1 Å². The van der Waals surface area contributed by atoms with Crippen molar-refractivity contribution in [1.82, 2.24) is 10.3 Å². The highest BCUT2D eigenvalue weighted by molar-refractivity contribution is 5.78. The van der Waals surface area contributed by atoms with E-state index in [0.717, 1.165) is 25.8 Å². The average molecular weight is 220 g/mol. The van der Waals surface area contributed by atoms with E-state index in [9.17, 15) is 4.79 Å². The summed E-state index contributed by atoms with van der Waals surface area (Å²) in [5.41, 5.74) is 0.713. The normalized spacial score (nSPS) is 17.0. The molecule has 1 saturated carbocycles. The molecule has 1 aliphatic carbocycles. The van der Waals surface area contributed by atoms with Crippen molar-refractivity contribution in [3.8, 4) is 0 Å². The maximum absolute atomic E-state index is 10.9. The summed E-state index contributed by atoms with van der Waals surface area (Å²) in [6, 6.07) is 3.94. The van der Waals surface area contributed by atoms with Gasteiger partial charge in [0, 0.05) is 18.9 Å². The lowest BCUT2D eigenvalue weighted by atomic mass is 10.1. The standard InChI is InChI=1S/C12H16N2O2/c15-11(16)12(4-5-12)9-14-7-3-10-2-1-6-13-8-10/h1-2,6,8,14H,3-5,7,9H2,(H,15,16). The number of carboxylic acid groups (broad SMARTS) is 1. The topological polar surface area (TPSA) is 62.2 Å². The molecule has 16 heavy (non-hydrogen) atoms. The summed E-state index contributed by atoms with van der Waals surface area (Å²) in [6.45, 7) is 1.39. The van der Waals surface area contributed by atoms with E-state index in [1.165, 1.54) is 5.56 Å². The number of carbonyl (C=O) groups is 1. The van der Waals surface area contributed by atoms with Gasteiger partial charge in [0.1, 0.15) is 0 Å². The molecule has 4 nitrogen and oxygen atoms in total. The number of rotatable bonds is 6. The van der Waals surface area contributed by atoms with Gasteiger partial charge < -0.3 is 10.4 Å². The van der Waals surface area contributed by atoms with Gasteiger partial charge in [0.25, 0.3) is 0 Å². The lowest BCUT2D eigenvalue weighted by Crippen LogP contribution is -2.31. The Hall–Kier alpha value is -1.42. The van der Waals surface area contributed by atoms with E-state index in [-0.39, 0.29) is 0 Å². The molecule has 1 aromatic rings. The predicted molar refractivity (Wildman–Crippen MR) is 60.1 cm³/mol. The third kappa shape index (κ3) is 2.58. The van der Waals surface area contributed by atoms with Gasteiger partial charge in [-0.1, -0.05) is 6.07 Å². The lowest BCUT2D eigenvalue weighted by molar-refractivity contribution is -0.143. The number of nitrogens with one attached hydrogen (secondary N) is 1. The minimum atomic E-state index is -0.665. The van der Waals surface area contributed by atoms with Gasteiger partial charge in [-0.25, -0.2) is 0 Å². The number of nitrogens with zero attached hydrogens (tertiary/aromatic N) is 1. The number of pyridine rings is 1. The van der Waals surface area contributed by atoms with Crippen LogP contribution in [0.15, 0.2) is 24.5 Å². The van der Waals surface area contributed by atoms with Crippen molar-refractivity contribution in [3.05, 3.63) is 30.1 Å². The van der Waals surface area contributed by atoms with Gasteiger partial charge in [0.15, 0.2) is 0 Å². The second-order valence-electron chi connectivity index (χ2n) is 4.37. The number of aliphatic carboxylic acids is 1. The quantitative estimate of drug-likeness (QED) is 0.704. The summed E-state index contributed by atoms with van der Waals surface area (Å²) in [4.78, 5) is 14.9. The van der Waals surface area contributed by atoms with Crippen LogP contribution in [0.5, 0.6) is 0 Å². The minimum Gasteiger partial charge on any atom is -0.481 e. The summed E-state index contributed by atoms with van der Waals surface area (Å²) < 4.78 is 0. The molecule has 86 valence electrons. The molecule has 2 rings (SSSR count). The Kier molecular flexibility index (Phi) is 3.19.